The molecule has 0 fully saturated rings. The number of alkyl halides is 1. The Morgan fingerprint density at radius 2 is 2.19 bits per heavy atom. The standard InChI is InChI=1S/C19H21F2N5O/c1-12-15(5-3-4-8-25-26-23)19(17(21)10-18(12)24-2)27-14-6-7-16(20)13(9-14)11-22/h6-7,9-10,17,19,24H,3-5,8H2,1-2H3. The van der Waals surface area contributed by atoms with Crippen LogP contribution in [0.4, 0.5) is 8.78 Å². The van der Waals surface area contributed by atoms with Crippen molar-refractivity contribution < 1.29 is 13.5 Å². The van der Waals surface area contributed by atoms with Gasteiger partial charge in [-0.3, -0.25) is 0 Å². The van der Waals surface area contributed by atoms with Gasteiger partial charge in [-0.2, -0.15) is 5.26 Å². The summed E-state index contributed by atoms with van der Waals surface area (Å²) in [4.78, 5) is 2.72. The van der Waals surface area contributed by atoms with Crippen molar-refractivity contribution >= 4 is 0 Å². The largest absolute Gasteiger partial charge is 0.483 e. The Bertz CT molecular complexity index is 837. The molecule has 0 amide bonds. The van der Waals surface area contributed by atoms with E-state index in [1.807, 2.05) is 6.92 Å². The minimum atomic E-state index is -1.39. The van der Waals surface area contributed by atoms with Crippen LogP contribution in [-0.2, 0) is 0 Å². The number of azide groups is 1. The molecular formula is C19H21F2N5O. The Morgan fingerprint density at radius 1 is 1.41 bits per heavy atom. The number of nitrogens with zero attached hydrogens (tertiary/aromatic N) is 4. The lowest BCUT2D eigenvalue weighted by molar-refractivity contribution is 0.147. The maximum absolute atomic E-state index is 14.8. The molecule has 27 heavy (non-hydrogen) atoms. The van der Waals surface area contributed by atoms with E-state index in [4.69, 9.17) is 15.5 Å². The van der Waals surface area contributed by atoms with Crippen LogP contribution in [0.15, 0.2) is 46.2 Å². The predicted molar refractivity (Wildman–Crippen MR) is 98.1 cm³/mol. The number of hydrogen-bond donors (Lipinski definition) is 1. The SMILES string of the molecule is CNC1=CC(F)C(Oc2ccc(F)c(C#N)c2)C(CCCCN=[N+]=[N-])=C1C. The van der Waals surface area contributed by atoms with Crippen LogP contribution in [0.1, 0.15) is 31.7 Å². The lowest BCUT2D eigenvalue weighted by Gasteiger charge is -2.30. The fourth-order valence-corrected chi connectivity index (χ4v) is 3.04. The number of ether oxygens (including phenoxy) is 1. The highest BCUT2D eigenvalue weighted by atomic mass is 19.1. The summed E-state index contributed by atoms with van der Waals surface area (Å²) in [5.74, 6) is -0.408. The first-order chi connectivity index (χ1) is 13.0. The number of nitriles is 1. The van der Waals surface area contributed by atoms with Crippen molar-refractivity contribution in [3.8, 4) is 11.8 Å². The number of nitrogens with one attached hydrogen (secondary N) is 1. The summed E-state index contributed by atoms with van der Waals surface area (Å²) in [6, 6.07) is 5.54. The number of hydrogen-bond acceptors (Lipinski definition) is 4. The van der Waals surface area contributed by atoms with Crippen LogP contribution in [0.2, 0.25) is 0 Å². The summed E-state index contributed by atoms with van der Waals surface area (Å²) >= 11 is 0. The second-order valence-corrected chi connectivity index (χ2v) is 6.13. The highest BCUT2D eigenvalue weighted by Crippen LogP contribution is 2.33. The topological polar surface area (TPSA) is 93.8 Å². The molecule has 1 N–H and O–H groups in total. The van der Waals surface area contributed by atoms with Gasteiger partial charge in [0.25, 0.3) is 0 Å². The molecule has 8 heteroatoms. The summed E-state index contributed by atoms with van der Waals surface area (Å²) < 4.78 is 34.1. The molecule has 1 aliphatic rings. The molecule has 2 atom stereocenters. The Labute approximate surface area is 156 Å². The van der Waals surface area contributed by atoms with E-state index in [0.717, 1.165) is 17.2 Å². The van der Waals surface area contributed by atoms with Crippen molar-refractivity contribution in [2.75, 3.05) is 13.6 Å². The third-order valence-electron chi connectivity index (χ3n) is 4.45. The monoisotopic (exact) mass is 373 g/mol. The molecule has 0 heterocycles. The van der Waals surface area contributed by atoms with Crippen molar-refractivity contribution in [3.05, 3.63) is 62.9 Å². The number of rotatable bonds is 8. The summed E-state index contributed by atoms with van der Waals surface area (Å²) in [7, 11) is 1.72. The lowest BCUT2D eigenvalue weighted by atomic mass is 9.88. The molecule has 1 aliphatic carbocycles. The van der Waals surface area contributed by atoms with E-state index in [1.54, 1.807) is 13.1 Å². The second-order valence-electron chi connectivity index (χ2n) is 6.13. The van der Waals surface area contributed by atoms with Gasteiger partial charge in [0.2, 0.25) is 0 Å². The van der Waals surface area contributed by atoms with Gasteiger partial charge in [0, 0.05) is 30.3 Å². The van der Waals surface area contributed by atoms with Crippen molar-refractivity contribution in [2.45, 2.75) is 38.5 Å². The number of likely N-dealkylation sites (N-methyl/N-ethyl adjacent to an activating group) is 1. The average Bonchev–Trinajstić information content (AvgIpc) is 2.67. The molecule has 2 unspecified atom stereocenters. The summed E-state index contributed by atoms with van der Waals surface area (Å²) in [6.45, 7) is 2.27. The van der Waals surface area contributed by atoms with Gasteiger partial charge in [-0.15, -0.1) is 0 Å². The third-order valence-corrected chi connectivity index (χ3v) is 4.45. The van der Waals surface area contributed by atoms with E-state index < -0.39 is 18.1 Å². The Kier molecular flexibility index (Phi) is 7.21. The van der Waals surface area contributed by atoms with Gasteiger partial charge in [-0.25, -0.2) is 8.78 Å². The van der Waals surface area contributed by atoms with E-state index in [-0.39, 0.29) is 11.3 Å². The van der Waals surface area contributed by atoms with Crippen LogP contribution >= 0.6 is 0 Å². The zero-order valence-corrected chi connectivity index (χ0v) is 15.2. The van der Waals surface area contributed by atoms with Crippen molar-refractivity contribution in [3.63, 3.8) is 0 Å². The summed E-state index contributed by atoms with van der Waals surface area (Å²) in [5.41, 5.74) is 10.6. The number of unbranched alkanes of at least 4 members (excludes halogenated alkanes) is 1. The molecule has 1 aromatic rings. The second kappa shape index (κ2) is 9.60. The Hall–Kier alpha value is -3.04. The minimum Gasteiger partial charge on any atom is -0.483 e. The van der Waals surface area contributed by atoms with Crippen LogP contribution in [0.25, 0.3) is 10.4 Å². The molecule has 0 spiro atoms. The Morgan fingerprint density at radius 3 is 2.85 bits per heavy atom. The molecule has 6 nitrogen and oxygen atoms in total. The first-order valence-electron chi connectivity index (χ1n) is 8.62. The van der Waals surface area contributed by atoms with Crippen molar-refractivity contribution in [2.24, 2.45) is 5.11 Å². The maximum Gasteiger partial charge on any atom is 0.161 e. The molecule has 0 bridgehead atoms. The summed E-state index contributed by atoms with van der Waals surface area (Å²) in [6.07, 6.45) is 1.17. The Balaban J connectivity index is 2.24. The van der Waals surface area contributed by atoms with Gasteiger partial charge in [0.1, 0.15) is 17.6 Å². The number of halogens is 2. The molecule has 142 valence electrons. The van der Waals surface area contributed by atoms with Gasteiger partial charge >= 0.3 is 0 Å². The minimum absolute atomic E-state index is 0.151. The third kappa shape index (κ3) is 4.99. The first-order valence-corrected chi connectivity index (χ1v) is 8.62. The van der Waals surface area contributed by atoms with Gasteiger partial charge in [-0.1, -0.05) is 5.11 Å². The average molecular weight is 373 g/mol. The zero-order valence-electron chi connectivity index (χ0n) is 15.2. The zero-order chi connectivity index (χ0) is 19.8. The fraction of sp³-hybridized carbons (Fsp3) is 0.421. The predicted octanol–water partition coefficient (Wildman–Crippen LogP) is 4.70. The van der Waals surface area contributed by atoms with Gasteiger partial charge in [0.05, 0.1) is 5.56 Å². The van der Waals surface area contributed by atoms with E-state index in [0.29, 0.717) is 31.5 Å². The quantitative estimate of drug-likeness (QED) is 0.310. The van der Waals surface area contributed by atoms with Crippen LogP contribution in [0.3, 0.4) is 0 Å². The maximum atomic E-state index is 14.8. The highest BCUT2D eigenvalue weighted by Gasteiger charge is 2.32. The first kappa shape index (κ1) is 20.3. The van der Waals surface area contributed by atoms with Crippen LogP contribution in [0, 0.1) is 17.1 Å². The van der Waals surface area contributed by atoms with Gasteiger partial charge in [0.15, 0.2) is 12.3 Å². The number of benzene rings is 1. The molecule has 0 saturated carbocycles. The molecule has 0 aromatic heterocycles. The molecule has 2 rings (SSSR count). The fourth-order valence-electron chi connectivity index (χ4n) is 3.04. The highest BCUT2D eigenvalue weighted by molar-refractivity contribution is 5.43. The normalized spacial score (nSPS) is 19.0. The molecule has 1 aromatic carbocycles. The van der Waals surface area contributed by atoms with Crippen LogP contribution in [-0.4, -0.2) is 25.9 Å². The van der Waals surface area contributed by atoms with E-state index in [9.17, 15) is 8.78 Å². The van der Waals surface area contributed by atoms with E-state index in [2.05, 4.69) is 15.3 Å². The molecule has 0 aliphatic heterocycles. The van der Waals surface area contributed by atoms with E-state index >= 15 is 0 Å². The molecular weight excluding hydrogens is 352 g/mol. The molecule has 0 saturated heterocycles. The van der Waals surface area contributed by atoms with E-state index in [1.165, 1.54) is 18.2 Å². The van der Waals surface area contributed by atoms with Gasteiger partial charge in [-0.05, 0) is 61.1 Å². The van der Waals surface area contributed by atoms with Gasteiger partial charge < -0.3 is 10.1 Å². The van der Waals surface area contributed by atoms with Crippen LogP contribution < -0.4 is 10.1 Å². The van der Waals surface area contributed by atoms with Crippen LogP contribution in [0.5, 0.6) is 5.75 Å². The van der Waals surface area contributed by atoms with Crippen molar-refractivity contribution in [1.29, 1.82) is 5.26 Å². The number of allylic oxidation sites excluding steroid dienone is 1. The molecule has 0 radical (unpaired) electrons. The smallest absolute Gasteiger partial charge is 0.161 e. The van der Waals surface area contributed by atoms with Crippen molar-refractivity contribution in [1.82, 2.24) is 5.32 Å². The lowest BCUT2D eigenvalue weighted by Crippen LogP contribution is -2.35. The summed E-state index contributed by atoms with van der Waals surface area (Å²) in [5, 5.41) is 15.5.